The lowest BCUT2D eigenvalue weighted by Gasteiger charge is -2.32. The van der Waals surface area contributed by atoms with Crippen LogP contribution in [0.1, 0.15) is 53.2 Å². The monoisotopic (exact) mass is 353 g/mol. The van der Waals surface area contributed by atoms with Crippen molar-refractivity contribution in [3.8, 4) is 11.9 Å². The van der Waals surface area contributed by atoms with Gasteiger partial charge in [-0.25, -0.2) is 9.97 Å². The highest BCUT2D eigenvalue weighted by Crippen LogP contribution is 2.26. The summed E-state index contributed by atoms with van der Waals surface area (Å²) in [4.78, 5) is 22.7. The van der Waals surface area contributed by atoms with Gasteiger partial charge in [-0.2, -0.15) is 5.26 Å². The van der Waals surface area contributed by atoms with Crippen molar-refractivity contribution in [1.29, 1.82) is 5.26 Å². The molecule has 0 spiro atoms. The summed E-state index contributed by atoms with van der Waals surface area (Å²) in [7, 11) is 0. The molecule has 8 nitrogen and oxygen atoms in total. The zero-order valence-corrected chi connectivity index (χ0v) is 14.3. The number of rotatable bonds is 3. The van der Waals surface area contributed by atoms with Crippen LogP contribution < -0.4 is 4.74 Å². The number of amides is 1. The van der Waals surface area contributed by atoms with Gasteiger partial charge in [0.1, 0.15) is 17.9 Å². The Morgan fingerprint density at radius 1 is 1.27 bits per heavy atom. The largest absolute Gasteiger partial charge is 0.470 e. The van der Waals surface area contributed by atoms with Crippen molar-refractivity contribution in [3.63, 3.8) is 0 Å². The summed E-state index contributed by atoms with van der Waals surface area (Å²) in [5, 5.41) is 13.1. The van der Waals surface area contributed by atoms with Crippen molar-refractivity contribution in [1.82, 2.24) is 20.0 Å². The number of aryl methyl sites for hydroxylation is 1. The van der Waals surface area contributed by atoms with Crippen LogP contribution in [0.2, 0.25) is 0 Å². The lowest BCUT2D eigenvalue weighted by atomic mass is 9.96. The third-order valence-electron chi connectivity index (χ3n) is 4.87. The molecule has 1 amide bonds. The van der Waals surface area contributed by atoms with Crippen molar-refractivity contribution in [2.45, 2.75) is 44.6 Å². The minimum absolute atomic E-state index is 0.107. The first-order valence-electron chi connectivity index (χ1n) is 8.90. The fourth-order valence-electron chi connectivity index (χ4n) is 3.57. The number of hydrogen-bond acceptors (Lipinski definition) is 7. The summed E-state index contributed by atoms with van der Waals surface area (Å²) in [6.45, 7) is 1.09. The number of aromatic nitrogens is 3. The number of fused-ring (bicyclic) bond motifs is 1. The van der Waals surface area contributed by atoms with Crippen LogP contribution >= 0.6 is 0 Å². The van der Waals surface area contributed by atoms with Crippen LogP contribution in [-0.4, -0.2) is 45.1 Å². The standard InChI is InChI=1S/C18H19N5O3/c19-10-14-17(21-8-7-20-14)25-12-4-3-9-23(11-12)18(24)16-13-5-1-2-6-15(13)26-22-16/h7-8,12H,1-6,9,11H2/t12-/m1/s1. The van der Waals surface area contributed by atoms with Crippen molar-refractivity contribution < 1.29 is 14.1 Å². The molecule has 1 atom stereocenters. The molecule has 0 aromatic carbocycles. The molecule has 4 rings (SSSR count). The van der Waals surface area contributed by atoms with Gasteiger partial charge in [-0.15, -0.1) is 0 Å². The highest BCUT2D eigenvalue weighted by Gasteiger charge is 2.31. The van der Waals surface area contributed by atoms with E-state index in [4.69, 9.17) is 14.5 Å². The van der Waals surface area contributed by atoms with Crippen LogP contribution in [0.5, 0.6) is 5.88 Å². The molecule has 0 N–H and O–H groups in total. The van der Waals surface area contributed by atoms with Gasteiger partial charge in [0, 0.05) is 30.9 Å². The number of carbonyl (C=O) groups is 1. The lowest BCUT2D eigenvalue weighted by molar-refractivity contribution is 0.0516. The molecule has 0 unspecified atom stereocenters. The van der Waals surface area contributed by atoms with Gasteiger partial charge >= 0.3 is 0 Å². The van der Waals surface area contributed by atoms with E-state index in [0.29, 0.717) is 18.8 Å². The lowest BCUT2D eigenvalue weighted by Crippen LogP contribution is -2.45. The Hall–Kier alpha value is -2.95. The first-order chi connectivity index (χ1) is 12.8. The molecule has 0 radical (unpaired) electrons. The van der Waals surface area contributed by atoms with Crippen LogP contribution in [0.25, 0.3) is 0 Å². The van der Waals surface area contributed by atoms with E-state index in [0.717, 1.165) is 49.8 Å². The topological polar surface area (TPSA) is 105 Å². The summed E-state index contributed by atoms with van der Waals surface area (Å²) in [5.74, 6) is 0.959. The third-order valence-corrected chi connectivity index (χ3v) is 4.87. The first-order valence-corrected chi connectivity index (χ1v) is 8.90. The Morgan fingerprint density at radius 3 is 3.00 bits per heavy atom. The second-order valence-corrected chi connectivity index (χ2v) is 6.60. The fraction of sp³-hybridized carbons (Fsp3) is 0.500. The summed E-state index contributed by atoms with van der Waals surface area (Å²) < 4.78 is 11.2. The summed E-state index contributed by atoms with van der Waals surface area (Å²) in [6, 6.07) is 1.97. The Labute approximate surface area is 150 Å². The SMILES string of the molecule is N#Cc1nccnc1O[C@@H]1CCCN(C(=O)c2noc3c2CCCC3)C1. The summed E-state index contributed by atoms with van der Waals surface area (Å²) >= 11 is 0. The molecule has 3 heterocycles. The van der Waals surface area contributed by atoms with Gasteiger partial charge in [0.15, 0.2) is 5.69 Å². The Kier molecular flexibility index (Phi) is 4.52. The van der Waals surface area contributed by atoms with E-state index in [1.807, 2.05) is 6.07 Å². The van der Waals surface area contributed by atoms with E-state index in [9.17, 15) is 4.79 Å². The zero-order valence-electron chi connectivity index (χ0n) is 14.3. The van der Waals surface area contributed by atoms with E-state index < -0.39 is 0 Å². The number of carbonyl (C=O) groups excluding carboxylic acids is 1. The normalized spacial score (nSPS) is 19.5. The maximum absolute atomic E-state index is 12.9. The maximum Gasteiger partial charge on any atom is 0.276 e. The molecule has 2 aromatic heterocycles. The number of nitriles is 1. The van der Waals surface area contributed by atoms with Gasteiger partial charge in [0.05, 0.1) is 6.54 Å². The van der Waals surface area contributed by atoms with E-state index in [1.54, 1.807) is 4.90 Å². The van der Waals surface area contributed by atoms with Gasteiger partial charge in [-0.3, -0.25) is 4.79 Å². The highest BCUT2D eigenvalue weighted by atomic mass is 16.5. The van der Waals surface area contributed by atoms with Gasteiger partial charge in [-0.05, 0) is 32.1 Å². The molecule has 0 saturated carbocycles. The summed E-state index contributed by atoms with van der Waals surface area (Å²) in [5.41, 5.74) is 1.56. The Balaban J connectivity index is 1.47. The second-order valence-electron chi connectivity index (χ2n) is 6.60. The van der Waals surface area contributed by atoms with Crippen LogP contribution in [0, 0.1) is 11.3 Å². The predicted molar refractivity (Wildman–Crippen MR) is 89.4 cm³/mol. The molecular weight excluding hydrogens is 334 g/mol. The van der Waals surface area contributed by atoms with Crippen LogP contribution in [0.4, 0.5) is 0 Å². The molecule has 1 saturated heterocycles. The van der Waals surface area contributed by atoms with Crippen LogP contribution in [0.3, 0.4) is 0 Å². The fourth-order valence-corrected chi connectivity index (χ4v) is 3.57. The average Bonchev–Trinajstić information content (AvgIpc) is 3.12. The van der Waals surface area contributed by atoms with Gasteiger partial charge in [0.2, 0.25) is 5.69 Å². The smallest absolute Gasteiger partial charge is 0.276 e. The van der Waals surface area contributed by atoms with Crippen molar-refractivity contribution in [2.24, 2.45) is 0 Å². The number of nitrogens with zero attached hydrogens (tertiary/aromatic N) is 5. The van der Waals surface area contributed by atoms with Gasteiger partial charge in [-0.1, -0.05) is 5.16 Å². The average molecular weight is 353 g/mol. The van der Waals surface area contributed by atoms with Gasteiger partial charge in [0.25, 0.3) is 11.8 Å². The van der Waals surface area contributed by atoms with Crippen LogP contribution in [-0.2, 0) is 12.8 Å². The van der Waals surface area contributed by atoms with Crippen molar-refractivity contribution >= 4 is 5.91 Å². The molecule has 2 aliphatic rings. The number of piperidine rings is 1. The zero-order chi connectivity index (χ0) is 17.9. The number of ether oxygens (including phenoxy) is 1. The van der Waals surface area contributed by atoms with Crippen molar-refractivity contribution in [2.75, 3.05) is 13.1 Å². The summed E-state index contributed by atoms with van der Waals surface area (Å²) in [6.07, 6.45) is 8.17. The second kappa shape index (κ2) is 7.12. The predicted octanol–water partition coefficient (Wildman–Crippen LogP) is 1.90. The molecule has 26 heavy (non-hydrogen) atoms. The number of hydrogen-bond donors (Lipinski definition) is 0. The molecule has 134 valence electrons. The van der Waals surface area contributed by atoms with E-state index in [2.05, 4.69) is 15.1 Å². The van der Waals surface area contributed by atoms with Gasteiger partial charge < -0.3 is 14.2 Å². The molecular formula is C18H19N5O3. The molecule has 0 bridgehead atoms. The minimum Gasteiger partial charge on any atom is -0.470 e. The third kappa shape index (κ3) is 3.12. The molecule has 1 aliphatic heterocycles. The van der Waals surface area contributed by atoms with Crippen LogP contribution in [0.15, 0.2) is 16.9 Å². The minimum atomic E-state index is -0.223. The first kappa shape index (κ1) is 16.5. The maximum atomic E-state index is 12.9. The Morgan fingerprint density at radius 2 is 2.12 bits per heavy atom. The van der Waals surface area contributed by atoms with E-state index in [1.165, 1.54) is 12.4 Å². The number of likely N-dealkylation sites (tertiary alicyclic amines) is 1. The van der Waals surface area contributed by atoms with E-state index in [-0.39, 0.29) is 23.6 Å². The van der Waals surface area contributed by atoms with E-state index >= 15 is 0 Å². The molecule has 8 heteroatoms. The quantitative estimate of drug-likeness (QED) is 0.829. The molecule has 1 aliphatic carbocycles. The highest BCUT2D eigenvalue weighted by molar-refractivity contribution is 5.94. The molecule has 2 aromatic rings. The molecule has 1 fully saturated rings. The Bertz CT molecular complexity index is 857. The van der Waals surface area contributed by atoms with Crippen molar-refractivity contribution in [3.05, 3.63) is 35.1 Å².